The van der Waals surface area contributed by atoms with Crippen LogP contribution in [0.1, 0.15) is 5.56 Å². The van der Waals surface area contributed by atoms with Crippen LogP contribution in [-0.4, -0.2) is 11.1 Å². The van der Waals surface area contributed by atoms with Crippen LogP contribution < -0.4 is 4.74 Å². The summed E-state index contributed by atoms with van der Waals surface area (Å²) in [6, 6.07) is 6.86. The average molecular weight is 230 g/mol. The maximum atomic E-state index is 10.5. The highest BCUT2D eigenvalue weighted by Crippen LogP contribution is 2.15. The molecule has 0 saturated heterocycles. The minimum atomic E-state index is -0.850. The predicted molar refractivity (Wildman–Crippen MR) is 66.9 cm³/mol. The van der Waals surface area contributed by atoms with E-state index in [0.717, 1.165) is 5.56 Å². The molecule has 0 amide bonds. The first kappa shape index (κ1) is 12.8. The zero-order valence-electron chi connectivity index (χ0n) is 9.43. The predicted octanol–water partition coefficient (Wildman–Crippen LogP) is 2.95. The lowest BCUT2D eigenvalue weighted by Gasteiger charge is -2.05. The molecule has 0 spiro atoms. The van der Waals surface area contributed by atoms with Crippen LogP contribution in [0, 0.1) is 0 Å². The summed E-state index contributed by atoms with van der Waals surface area (Å²) < 4.78 is 5.40. The van der Waals surface area contributed by atoms with Crippen molar-refractivity contribution in [2.24, 2.45) is 0 Å². The SMILES string of the molecule is C=C/C=C\C(=C)Oc1ccc(CC(=O)O)cc1. The molecule has 0 heterocycles. The molecule has 1 aromatic carbocycles. The number of benzene rings is 1. The van der Waals surface area contributed by atoms with E-state index in [4.69, 9.17) is 9.84 Å². The van der Waals surface area contributed by atoms with Crippen molar-refractivity contribution in [3.63, 3.8) is 0 Å². The van der Waals surface area contributed by atoms with Crippen LogP contribution in [0.4, 0.5) is 0 Å². The lowest BCUT2D eigenvalue weighted by atomic mass is 10.1. The van der Waals surface area contributed by atoms with Gasteiger partial charge in [-0.15, -0.1) is 0 Å². The lowest BCUT2D eigenvalue weighted by molar-refractivity contribution is -0.136. The molecule has 0 radical (unpaired) electrons. The second-order valence-electron chi connectivity index (χ2n) is 3.38. The first-order valence-corrected chi connectivity index (χ1v) is 5.08. The summed E-state index contributed by atoms with van der Waals surface area (Å²) in [5.41, 5.74) is 0.733. The van der Waals surface area contributed by atoms with Crippen molar-refractivity contribution in [2.45, 2.75) is 6.42 Å². The van der Waals surface area contributed by atoms with Crippen molar-refractivity contribution in [1.82, 2.24) is 0 Å². The molecule has 0 fully saturated rings. The third-order valence-electron chi connectivity index (χ3n) is 1.95. The summed E-state index contributed by atoms with van der Waals surface area (Å²) in [5, 5.41) is 8.61. The molecule has 0 atom stereocenters. The van der Waals surface area contributed by atoms with Crippen LogP contribution in [0.2, 0.25) is 0 Å². The van der Waals surface area contributed by atoms with Crippen molar-refractivity contribution in [3.05, 3.63) is 67.0 Å². The topological polar surface area (TPSA) is 46.5 Å². The summed E-state index contributed by atoms with van der Waals surface area (Å²) >= 11 is 0. The van der Waals surface area contributed by atoms with E-state index in [2.05, 4.69) is 13.2 Å². The second kappa shape index (κ2) is 6.33. The van der Waals surface area contributed by atoms with Crippen molar-refractivity contribution >= 4 is 5.97 Å². The number of aliphatic carboxylic acids is 1. The fourth-order valence-electron chi connectivity index (χ4n) is 1.21. The minimum absolute atomic E-state index is 0.0115. The second-order valence-corrected chi connectivity index (χ2v) is 3.38. The molecule has 88 valence electrons. The molecule has 0 aromatic heterocycles. The largest absolute Gasteiger partial charge is 0.481 e. The van der Waals surface area contributed by atoms with Gasteiger partial charge in [-0.1, -0.05) is 37.4 Å². The van der Waals surface area contributed by atoms with Crippen LogP contribution in [0.3, 0.4) is 0 Å². The summed E-state index contributed by atoms with van der Waals surface area (Å²) in [6.45, 7) is 7.25. The fourth-order valence-corrected chi connectivity index (χ4v) is 1.21. The molecule has 1 aromatic rings. The van der Waals surface area contributed by atoms with E-state index in [1.807, 2.05) is 0 Å². The number of hydrogen-bond acceptors (Lipinski definition) is 2. The first-order valence-electron chi connectivity index (χ1n) is 5.08. The molecule has 0 aliphatic heterocycles. The van der Waals surface area contributed by atoms with Crippen molar-refractivity contribution in [3.8, 4) is 5.75 Å². The van der Waals surface area contributed by atoms with Gasteiger partial charge in [0.15, 0.2) is 0 Å². The zero-order chi connectivity index (χ0) is 12.7. The molecule has 0 aliphatic rings. The van der Waals surface area contributed by atoms with Gasteiger partial charge >= 0.3 is 5.97 Å². The maximum Gasteiger partial charge on any atom is 0.307 e. The van der Waals surface area contributed by atoms with Crippen molar-refractivity contribution < 1.29 is 14.6 Å². The summed E-state index contributed by atoms with van der Waals surface area (Å²) in [4.78, 5) is 10.5. The van der Waals surface area contributed by atoms with E-state index >= 15 is 0 Å². The van der Waals surface area contributed by atoms with Gasteiger partial charge in [0.2, 0.25) is 0 Å². The third-order valence-corrected chi connectivity index (χ3v) is 1.95. The van der Waals surface area contributed by atoms with Gasteiger partial charge in [-0.2, -0.15) is 0 Å². The number of carboxylic acid groups (broad SMARTS) is 1. The van der Waals surface area contributed by atoms with Gasteiger partial charge in [0, 0.05) is 0 Å². The van der Waals surface area contributed by atoms with Gasteiger partial charge in [0.25, 0.3) is 0 Å². The Labute approximate surface area is 100 Å². The summed E-state index contributed by atoms with van der Waals surface area (Å²) in [7, 11) is 0. The van der Waals surface area contributed by atoms with Crippen molar-refractivity contribution in [1.29, 1.82) is 0 Å². The first-order chi connectivity index (χ1) is 8.11. The van der Waals surface area contributed by atoms with Gasteiger partial charge in [-0.05, 0) is 23.8 Å². The van der Waals surface area contributed by atoms with Gasteiger partial charge in [0.1, 0.15) is 11.5 Å². The van der Waals surface area contributed by atoms with E-state index in [-0.39, 0.29) is 6.42 Å². The average Bonchev–Trinajstić information content (AvgIpc) is 2.28. The standard InChI is InChI=1S/C14H14O3/c1-3-4-5-11(2)17-13-8-6-12(7-9-13)10-14(15)16/h3-9H,1-2,10H2,(H,15,16)/b5-4-. The van der Waals surface area contributed by atoms with E-state index < -0.39 is 5.97 Å². The van der Waals surface area contributed by atoms with Gasteiger partial charge in [-0.25, -0.2) is 0 Å². The smallest absolute Gasteiger partial charge is 0.307 e. The fraction of sp³-hybridized carbons (Fsp3) is 0.0714. The van der Waals surface area contributed by atoms with Gasteiger partial charge < -0.3 is 9.84 Å². The summed E-state index contributed by atoms with van der Waals surface area (Å²) in [6.07, 6.45) is 5.06. The quantitative estimate of drug-likeness (QED) is 0.603. The monoisotopic (exact) mass is 230 g/mol. The molecule has 0 aliphatic carbocycles. The molecule has 1 rings (SSSR count). The van der Waals surface area contributed by atoms with Gasteiger partial charge in [-0.3, -0.25) is 4.79 Å². The number of ether oxygens (including phenoxy) is 1. The molecule has 0 saturated carbocycles. The van der Waals surface area contributed by atoms with Crippen molar-refractivity contribution in [2.75, 3.05) is 0 Å². The molecule has 1 N–H and O–H groups in total. The Morgan fingerprint density at radius 2 is 2.00 bits per heavy atom. The van der Waals surface area contributed by atoms with Crippen LogP contribution >= 0.6 is 0 Å². The Kier molecular flexibility index (Phi) is 4.76. The van der Waals surface area contributed by atoms with E-state index in [0.29, 0.717) is 11.5 Å². The molecule has 0 unspecified atom stereocenters. The highest BCUT2D eigenvalue weighted by Gasteiger charge is 2.01. The molecular weight excluding hydrogens is 216 g/mol. The van der Waals surface area contributed by atoms with Crippen LogP contribution in [-0.2, 0) is 11.2 Å². The molecule has 3 nitrogen and oxygen atoms in total. The Morgan fingerprint density at radius 1 is 1.35 bits per heavy atom. The Morgan fingerprint density at radius 3 is 2.53 bits per heavy atom. The summed E-state index contributed by atoms with van der Waals surface area (Å²) in [5.74, 6) is 0.269. The number of hydrogen-bond donors (Lipinski definition) is 1. The van der Waals surface area contributed by atoms with E-state index in [1.54, 1.807) is 42.5 Å². The Balaban J connectivity index is 2.62. The highest BCUT2D eigenvalue weighted by atomic mass is 16.5. The minimum Gasteiger partial charge on any atom is -0.481 e. The molecular formula is C14H14O3. The van der Waals surface area contributed by atoms with Gasteiger partial charge in [0.05, 0.1) is 6.42 Å². The van der Waals surface area contributed by atoms with Crippen LogP contribution in [0.15, 0.2) is 61.4 Å². The number of rotatable bonds is 6. The zero-order valence-corrected chi connectivity index (χ0v) is 9.43. The van der Waals surface area contributed by atoms with Crippen LogP contribution in [0.5, 0.6) is 5.75 Å². The molecule has 17 heavy (non-hydrogen) atoms. The maximum absolute atomic E-state index is 10.5. The van der Waals surface area contributed by atoms with E-state index in [9.17, 15) is 4.79 Å². The van der Waals surface area contributed by atoms with Crippen LogP contribution in [0.25, 0.3) is 0 Å². The molecule has 3 heteroatoms. The normalized spacial score (nSPS) is 10.1. The highest BCUT2D eigenvalue weighted by molar-refractivity contribution is 5.70. The number of carboxylic acids is 1. The third kappa shape index (κ3) is 4.84. The Hall–Kier alpha value is -2.29. The Bertz CT molecular complexity index is 441. The number of carbonyl (C=O) groups is 1. The molecule has 0 bridgehead atoms. The number of allylic oxidation sites excluding steroid dienone is 3. The van der Waals surface area contributed by atoms with E-state index in [1.165, 1.54) is 0 Å². The lowest BCUT2D eigenvalue weighted by Crippen LogP contribution is -1.99.